The van der Waals surface area contributed by atoms with E-state index in [2.05, 4.69) is 15.3 Å². The Labute approximate surface area is 121 Å². The molecule has 1 fully saturated rings. The van der Waals surface area contributed by atoms with Crippen LogP contribution in [0.3, 0.4) is 0 Å². The Bertz CT molecular complexity index is 426. The van der Waals surface area contributed by atoms with E-state index in [0.717, 1.165) is 30.2 Å². The Morgan fingerprint density at radius 1 is 1.25 bits per heavy atom. The summed E-state index contributed by atoms with van der Waals surface area (Å²) in [5.41, 5.74) is 0.578. The van der Waals surface area contributed by atoms with Gasteiger partial charge < -0.3 is 14.8 Å². The fraction of sp³-hybridized carbons (Fsp3) is 0.733. The molecule has 0 spiro atoms. The van der Waals surface area contributed by atoms with Crippen molar-refractivity contribution < 1.29 is 9.47 Å². The molecule has 5 heteroatoms. The van der Waals surface area contributed by atoms with Gasteiger partial charge in [-0.25, -0.2) is 9.97 Å². The largest absolute Gasteiger partial charge is 0.378 e. The SMILES string of the molecule is CCOC1(c2nc(COC)cc(NC)n2)CCCCC1. The first-order chi connectivity index (χ1) is 9.74. The van der Waals surface area contributed by atoms with E-state index in [1.165, 1.54) is 19.3 Å². The maximum atomic E-state index is 6.10. The van der Waals surface area contributed by atoms with Crippen molar-refractivity contribution in [3.8, 4) is 0 Å². The topological polar surface area (TPSA) is 56.3 Å². The minimum Gasteiger partial charge on any atom is -0.378 e. The molecule has 2 rings (SSSR count). The number of aromatic nitrogens is 2. The molecule has 0 bridgehead atoms. The summed E-state index contributed by atoms with van der Waals surface area (Å²) in [6.45, 7) is 3.22. The predicted octanol–water partition coefficient (Wildman–Crippen LogP) is 2.86. The Kier molecular flexibility index (Phi) is 5.31. The number of nitrogens with zero attached hydrogens (tertiary/aromatic N) is 2. The number of rotatable bonds is 6. The van der Waals surface area contributed by atoms with Crippen LogP contribution in [0.15, 0.2) is 6.07 Å². The second kappa shape index (κ2) is 6.99. The Balaban J connectivity index is 2.38. The van der Waals surface area contributed by atoms with Crippen molar-refractivity contribution in [3.05, 3.63) is 17.6 Å². The molecule has 0 atom stereocenters. The number of hydrogen-bond acceptors (Lipinski definition) is 5. The molecule has 1 aromatic rings. The van der Waals surface area contributed by atoms with Gasteiger partial charge >= 0.3 is 0 Å². The summed E-state index contributed by atoms with van der Waals surface area (Å²) in [5, 5.41) is 3.10. The first kappa shape index (κ1) is 15.2. The number of anilines is 1. The second-order valence-corrected chi connectivity index (χ2v) is 5.24. The standard InChI is InChI=1S/C15H25N3O2/c1-4-20-15(8-6-5-7-9-15)14-17-12(11-19-3)10-13(16-2)18-14/h10H,4-9,11H2,1-3H3,(H,16,17,18). The molecule has 0 aliphatic heterocycles. The summed E-state index contributed by atoms with van der Waals surface area (Å²) in [4.78, 5) is 9.33. The van der Waals surface area contributed by atoms with Gasteiger partial charge in [0.05, 0.1) is 12.3 Å². The van der Waals surface area contributed by atoms with Gasteiger partial charge in [-0.05, 0) is 19.8 Å². The normalized spacial score (nSPS) is 17.9. The van der Waals surface area contributed by atoms with Crippen LogP contribution >= 0.6 is 0 Å². The lowest BCUT2D eigenvalue weighted by atomic mass is 9.83. The van der Waals surface area contributed by atoms with Crippen molar-refractivity contribution in [1.82, 2.24) is 9.97 Å². The first-order valence-electron chi connectivity index (χ1n) is 7.43. The monoisotopic (exact) mass is 279 g/mol. The smallest absolute Gasteiger partial charge is 0.162 e. The van der Waals surface area contributed by atoms with Gasteiger partial charge in [0.25, 0.3) is 0 Å². The summed E-state index contributed by atoms with van der Waals surface area (Å²) >= 11 is 0. The third-order valence-corrected chi connectivity index (χ3v) is 3.82. The molecule has 20 heavy (non-hydrogen) atoms. The molecule has 1 aromatic heterocycles. The number of ether oxygens (including phenoxy) is 2. The van der Waals surface area contributed by atoms with Crippen molar-refractivity contribution in [1.29, 1.82) is 0 Å². The molecule has 112 valence electrons. The average Bonchev–Trinajstić information content (AvgIpc) is 2.48. The molecule has 0 aromatic carbocycles. The number of methoxy groups -OCH3 is 1. The van der Waals surface area contributed by atoms with Crippen molar-refractivity contribution in [2.24, 2.45) is 0 Å². The van der Waals surface area contributed by atoms with Gasteiger partial charge in [0.1, 0.15) is 11.4 Å². The van der Waals surface area contributed by atoms with Crippen LogP contribution in [-0.2, 0) is 21.7 Å². The average molecular weight is 279 g/mol. The van der Waals surface area contributed by atoms with Crippen LogP contribution in [0.5, 0.6) is 0 Å². The van der Waals surface area contributed by atoms with E-state index in [4.69, 9.17) is 9.47 Å². The Hall–Kier alpha value is -1.20. The third-order valence-electron chi connectivity index (χ3n) is 3.82. The molecule has 0 unspecified atom stereocenters. The van der Waals surface area contributed by atoms with Crippen LogP contribution in [0.2, 0.25) is 0 Å². The van der Waals surface area contributed by atoms with Crippen LogP contribution in [0.4, 0.5) is 5.82 Å². The summed E-state index contributed by atoms with van der Waals surface area (Å²) in [5.74, 6) is 1.63. The van der Waals surface area contributed by atoms with Gasteiger partial charge in [-0.15, -0.1) is 0 Å². The summed E-state index contributed by atoms with van der Waals surface area (Å²) in [7, 11) is 3.55. The molecule has 1 N–H and O–H groups in total. The van der Waals surface area contributed by atoms with Crippen LogP contribution < -0.4 is 5.32 Å². The molecule has 1 aliphatic rings. The van der Waals surface area contributed by atoms with Gasteiger partial charge in [-0.2, -0.15) is 0 Å². The quantitative estimate of drug-likeness (QED) is 0.867. The van der Waals surface area contributed by atoms with Crippen molar-refractivity contribution in [2.75, 3.05) is 26.1 Å². The maximum absolute atomic E-state index is 6.10. The summed E-state index contributed by atoms with van der Waals surface area (Å²) < 4.78 is 11.3. The van der Waals surface area contributed by atoms with E-state index in [9.17, 15) is 0 Å². The molecular weight excluding hydrogens is 254 g/mol. The zero-order valence-electron chi connectivity index (χ0n) is 12.7. The third kappa shape index (κ3) is 3.27. The Morgan fingerprint density at radius 3 is 2.60 bits per heavy atom. The molecule has 1 saturated carbocycles. The van der Waals surface area contributed by atoms with Crippen molar-refractivity contribution >= 4 is 5.82 Å². The lowest BCUT2D eigenvalue weighted by Gasteiger charge is -2.35. The lowest BCUT2D eigenvalue weighted by Crippen LogP contribution is -2.35. The van der Waals surface area contributed by atoms with Gasteiger partial charge in [-0.1, -0.05) is 19.3 Å². The zero-order valence-corrected chi connectivity index (χ0v) is 12.7. The number of nitrogens with one attached hydrogen (secondary N) is 1. The highest BCUT2D eigenvalue weighted by Gasteiger charge is 2.37. The van der Waals surface area contributed by atoms with Crippen LogP contribution in [0.1, 0.15) is 50.5 Å². The molecule has 0 saturated heterocycles. The molecule has 1 heterocycles. The second-order valence-electron chi connectivity index (χ2n) is 5.24. The molecule has 0 amide bonds. The minimum atomic E-state index is -0.317. The van der Waals surface area contributed by atoms with Gasteiger partial charge in [0, 0.05) is 26.8 Å². The van der Waals surface area contributed by atoms with E-state index < -0.39 is 0 Å². The maximum Gasteiger partial charge on any atom is 0.162 e. The zero-order chi connectivity index (χ0) is 14.4. The van der Waals surface area contributed by atoms with Crippen LogP contribution in [0.25, 0.3) is 0 Å². The molecule has 0 radical (unpaired) electrons. The van der Waals surface area contributed by atoms with Gasteiger partial charge in [0.2, 0.25) is 0 Å². The van der Waals surface area contributed by atoms with E-state index in [1.807, 2.05) is 20.0 Å². The molecule has 1 aliphatic carbocycles. The first-order valence-corrected chi connectivity index (χ1v) is 7.43. The highest BCUT2D eigenvalue weighted by atomic mass is 16.5. The van der Waals surface area contributed by atoms with E-state index >= 15 is 0 Å². The van der Waals surface area contributed by atoms with E-state index in [-0.39, 0.29) is 5.60 Å². The van der Waals surface area contributed by atoms with Crippen molar-refractivity contribution in [3.63, 3.8) is 0 Å². The number of hydrogen-bond donors (Lipinski definition) is 1. The van der Waals surface area contributed by atoms with E-state index in [0.29, 0.717) is 13.2 Å². The fourth-order valence-corrected chi connectivity index (χ4v) is 2.88. The highest BCUT2D eigenvalue weighted by Crippen LogP contribution is 2.39. The summed E-state index contributed by atoms with van der Waals surface area (Å²) in [6, 6.07) is 1.93. The molecule has 5 nitrogen and oxygen atoms in total. The fourth-order valence-electron chi connectivity index (χ4n) is 2.88. The van der Waals surface area contributed by atoms with Gasteiger partial charge in [-0.3, -0.25) is 0 Å². The highest BCUT2D eigenvalue weighted by molar-refractivity contribution is 5.36. The van der Waals surface area contributed by atoms with Crippen LogP contribution in [0, 0.1) is 0 Å². The lowest BCUT2D eigenvalue weighted by molar-refractivity contribution is -0.0768. The summed E-state index contributed by atoms with van der Waals surface area (Å²) in [6.07, 6.45) is 5.62. The van der Waals surface area contributed by atoms with Crippen LogP contribution in [-0.4, -0.2) is 30.7 Å². The molecular formula is C15H25N3O2. The van der Waals surface area contributed by atoms with E-state index in [1.54, 1.807) is 7.11 Å². The van der Waals surface area contributed by atoms with Crippen molar-refractivity contribution in [2.45, 2.75) is 51.2 Å². The predicted molar refractivity (Wildman–Crippen MR) is 78.7 cm³/mol. The Morgan fingerprint density at radius 2 is 2.00 bits per heavy atom. The van der Waals surface area contributed by atoms with Gasteiger partial charge in [0.15, 0.2) is 5.82 Å². The minimum absolute atomic E-state index is 0.317.